The van der Waals surface area contributed by atoms with Crippen molar-refractivity contribution in [3.8, 4) is 17.1 Å². The first-order valence-corrected chi connectivity index (χ1v) is 12.4. The molecule has 35 heavy (non-hydrogen) atoms. The Morgan fingerprint density at radius 1 is 1.00 bits per heavy atom. The number of hydrogen-bond donors (Lipinski definition) is 1. The van der Waals surface area contributed by atoms with Crippen molar-refractivity contribution in [2.24, 2.45) is 5.73 Å². The number of fused-ring (bicyclic) bond motifs is 1. The lowest BCUT2D eigenvalue weighted by Gasteiger charge is -2.33. The van der Waals surface area contributed by atoms with E-state index in [1.54, 1.807) is 0 Å². The molecule has 0 spiro atoms. The van der Waals surface area contributed by atoms with Crippen LogP contribution >= 0.6 is 23.2 Å². The lowest BCUT2D eigenvalue weighted by molar-refractivity contribution is 0.0382. The largest absolute Gasteiger partial charge is 0.475 e. The van der Waals surface area contributed by atoms with Crippen LogP contribution in [0.1, 0.15) is 22.6 Å². The van der Waals surface area contributed by atoms with Gasteiger partial charge in [0.25, 0.3) is 0 Å². The topological polar surface area (TPSA) is 82.7 Å². The number of rotatable bonds is 11. The summed E-state index contributed by atoms with van der Waals surface area (Å²) in [6, 6.07) is 14.1. The van der Waals surface area contributed by atoms with Gasteiger partial charge in [-0.15, -0.1) is 0 Å². The maximum Gasteiger partial charge on any atom is 0.216 e. The molecule has 0 saturated heterocycles. The summed E-state index contributed by atoms with van der Waals surface area (Å²) in [6.45, 7) is 4.58. The monoisotopic (exact) mass is 516 g/mol. The molecule has 0 amide bonds. The third-order valence-corrected chi connectivity index (χ3v) is 6.39. The van der Waals surface area contributed by atoms with E-state index in [-0.39, 0.29) is 5.92 Å². The van der Waals surface area contributed by atoms with Crippen molar-refractivity contribution < 1.29 is 14.2 Å². The minimum absolute atomic E-state index is 0.156. The van der Waals surface area contributed by atoms with Gasteiger partial charge in [-0.3, -0.25) is 0 Å². The maximum absolute atomic E-state index is 6.54. The van der Waals surface area contributed by atoms with Crippen molar-refractivity contribution in [3.63, 3.8) is 0 Å². The highest BCUT2D eigenvalue weighted by molar-refractivity contribution is 6.35. The Labute approximate surface area is 216 Å². The van der Waals surface area contributed by atoms with E-state index in [0.717, 1.165) is 29.9 Å². The van der Waals surface area contributed by atoms with Gasteiger partial charge in [0, 0.05) is 47.2 Å². The predicted molar refractivity (Wildman–Crippen MR) is 138 cm³/mol. The molecule has 0 unspecified atom stereocenters. The normalized spacial score (nSPS) is 15.7. The van der Waals surface area contributed by atoms with Gasteiger partial charge in [-0.1, -0.05) is 41.4 Å². The molecule has 186 valence electrons. The molecular weight excluding hydrogens is 487 g/mol. The molecule has 0 fully saturated rings. The molecule has 2 aromatic carbocycles. The number of likely N-dealkylation sites (N-methyl/N-ethyl adjacent to an activating group) is 1. The van der Waals surface area contributed by atoms with Crippen LogP contribution in [0.15, 0.2) is 48.8 Å². The fourth-order valence-electron chi connectivity index (χ4n) is 4.23. The summed E-state index contributed by atoms with van der Waals surface area (Å²) in [7, 11) is 2.11. The summed E-state index contributed by atoms with van der Waals surface area (Å²) >= 11 is 12.9. The molecule has 2 N–H and O–H groups in total. The highest BCUT2D eigenvalue weighted by atomic mass is 35.5. The first-order valence-electron chi connectivity index (χ1n) is 11.6. The van der Waals surface area contributed by atoms with Gasteiger partial charge in [0.2, 0.25) is 5.88 Å². The Kier molecular flexibility index (Phi) is 9.31. The second kappa shape index (κ2) is 12.6. The van der Waals surface area contributed by atoms with Crippen molar-refractivity contribution in [2.75, 3.05) is 53.2 Å². The van der Waals surface area contributed by atoms with Gasteiger partial charge < -0.3 is 24.8 Å². The molecule has 9 heteroatoms. The van der Waals surface area contributed by atoms with Crippen LogP contribution in [0.2, 0.25) is 10.0 Å². The molecule has 3 aromatic rings. The predicted octanol–water partition coefficient (Wildman–Crippen LogP) is 4.40. The first-order chi connectivity index (χ1) is 17.0. The summed E-state index contributed by atoms with van der Waals surface area (Å²) in [4.78, 5) is 11.0. The number of benzene rings is 2. The SMILES string of the molecule is CN1Cc2c(Cl)cc(Cl)cc2[C@H](c2cccc(-c3cc(OCCOCCOCCN)ncn3)c2)C1. The Hall–Kier alpha value is -2.26. The average Bonchev–Trinajstić information content (AvgIpc) is 2.86. The lowest BCUT2D eigenvalue weighted by atomic mass is 9.84. The molecular formula is C26H30Cl2N4O3. The second-order valence-electron chi connectivity index (χ2n) is 8.43. The Morgan fingerprint density at radius 3 is 2.63 bits per heavy atom. The van der Waals surface area contributed by atoms with E-state index in [4.69, 9.17) is 43.1 Å². The zero-order chi connectivity index (χ0) is 24.6. The first kappa shape index (κ1) is 25.8. The van der Waals surface area contributed by atoms with E-state index in [0.29, 0.717) is 55.5 Å². The van der Waals surface area contributed by atoms with Crippen LogP contribution in [-0.4, -0.2) is 68.0 Å². The molecule has 0 radical (unpaired) electrons. The van der Waals surface area contributed by atoms with Gasteiger partial charge >= 0.3 is 0 Å². The minimum atomic E-state index is 0.156. The smallest absolute Gasteiger partial charge is 0.216 e. The summed E-state index contributed by atoms with van der Waals surface area (Å²) < 4.78 is 16.5. The molecule has 1 aliphatic heterocycles. The zero-order valence-electron chi connectivity index (χ0n) is 19.8. The molecule has 7 nitrogen and oxygen atoms in total. The molecule has 0 aliphatic carbocycles. The van der Waals surface area contributed by atoms with Crippen LogP contribution in [0, 0.1) is 0 Å². The van der Waals surface area contributed by atoms with Gasteiger partial charge in [0.15, 0.2) is 0 Å². The van der Waals surface area contributed by atoms with Gasteiger partial charge in [0.05, 0.1) is 32.1 Å². The van der Waals surface area contributed by atoms with Crippen molar-refractivity contribution in [3.05, 3.63) is 75.5 Å². The van der Waals surface area contributed by atoms with Crippen molar-refractivity contribution in [2.45, 2.75) is 12.5 Å². The van der Waals surface area contributed by atoms with Crippen LogP contribution in [0.5, 0.6) is 5.88 Å². The fraction of sp³-hybridized carbons (Fsp3) is 0.385. The van der Waals surface area contributed by atoms with Crippen LogP contribution < -0.4 is 10.5 Å². The number of hydrogen-bond acceptors (Lipinski definition) is 7. The van der Waals surface area contributed by atoms with E-state index < -0.39 is 0 Å². The number of ether oxygens (including phenoxy) is 3. The van der Waals surface area contributed by atoms with Crippen molar-refractivity contribution in [1.82, 2.24) is 14.9 Å². The van der Waals surface area contributed by atoms with Crippen LogP contribution in [0.4, 0.5) is 0 Å². The summed E-state index contributed by atoms with van der Waals surface area (Å²) in [6.07, 6.45) is 1.52. The average molecular weight is 517 g/mol. The standard InChI is InChI=1S/C26H30Cl2N4O3/c1-32-15-22(21-12-20(27)13-24(28)23(21)16-32)18-3-2-4-19(11-18)25-14-26(31-17-30-25)35-10-9-34-8-7-33-6-5-29/h2-4,11-14,17,22H,5-10,15-16,29H2,1H3/t22-/m0/s1. The van der Waals surface area contributed by atoms with Crippen molar-refractivity contribution in [1.29, 1.82) is 0 Å². The third kappa shape index (κ3) is 6.91. The van der Waals surface area contributed by atoms with Gasteiger partial charge in [0.1, 0.15) is 12.9 Å². The van der Waals surface area contributed by atoms with E-state index in [1.165, 1.54) is 17.5 Å². The van der Waals surface area contributed by atoms with E-state index in [9.17, 15) is 0 Å². The summed E-state index contributed by atoms with van der Waals surface area (Å²) in [5, 5.41) is 1.37. The zero-order valence-corrected chi connectivity index (χ0v) is 21.3. The van der Waals surface area contributed by atoms with Gasteiger partial charge in [-0.2, -0.15) is 0 Å². The Morgan fingerprint density at radius 2 is 1.80 bits per heavy atom. The molecule has 1 atom stereocenters. The number of nitrogens with zero attached hydrogens (tertiary/aromatic N) is 3. The highest BCUT2D eigenvalue weighted by Crippen LogP contribution is 2.39. The summed E-state index contributed by atoms with van der Waals surface area (Å²) in [5.74, 6) is 0.660. The molecule has 1 aromatic heterocycles. The molecule has 0 saturated carbocycles. The number of halogens is 2. The van der Waals surface area contributed by atoms with Gasteiger partial charge in [-0.25, -0.2) is 9.97 Å². The second-order valence-corrected chi connectivity index (χ2v) is 9.28. The Balaban J connectivity index is 1.45. The quantitative estimate of drug-likeness (QED) is 0.378. The van der Waals surface area contributed by atoms with Crippen LogP contribution in [-0.2, 0) is 16.0 Å². The van der Waals surface area contributed by atoms with E-state index in [1.807, 2.05) is 30.3 Å². The maximum atomic E-state index is 6.54. The molecule has 0 bridgehead atoms. The van der Waals surface area contributed by atoms with E-state index >= 15 is 0 Å². The van der Waals surface area contributed by atoms with Gasteiger partial charge in [-0.05, 0) is 41.9 Å². The minimum Gasteiger partial charge on any atom is -0.475 e. The number of aromatic nitrogens is 2. The lowest BCUT2D eigenvalue weighted by Crippen LogP contribution is -2.31. The van der Waals surface area contributed by atoms with E-state index in [2.05, 4.69) is 34.0 Å². The molecule has 2 heterocycles. The van der Waals surface area contributed by atoms with Crippen molar-refractivity contribution >= 4 is 23.2 Å². The third-order valence-electron chi connectivity index (χ3n) is 5.83. The van der Waals surface area contributed by atoms with Crippen LogP contribution in [0.25, 0.3) is 11.3 Å². The Bertz CT molecular complexity index is 1130. The highest BCUT2D eigenvalue weighted by Gasteiger charge is 2.27. The summed E-state index contributed by atoms with van der Waals surface area (Å²) in [5.41, 5.74) is 10.7. The van der Waals surface area contributed by atoms with Crippen LogP contribution in [0.3, 0.4) is 0 Å². The fourth-order valence-corrected chi connectivity index (χ4v) is 4.80. The molecule has 4 rings (SSSR count). The number of nitrogens with two attached hydrogens (primary N) is 1. The molecule has 1 aliphatic rings.